The van der Waals surface area contributed by atoms with Crippen molar-refractivity contribution in [3.63, 3.8) is 0 Å². The van der Waals surface area contributed by atoms with Gasteiger partial charge in [0.25, 0.3) is 5.91 Å². The van der Waals surface area contributed by atoms with Crippen molar-refractivity contribution >= 4 is 11.7 Å². The van der Waals surface area contributed by atoms with E-state index in [4.69, 9.17) is 0 Å². The van der Waals surface area contributed by atoms with Crippen LogP contribution in [0.15, 0.2) is 24.7 Å². The van der Waals surface area contributed by atoms with Crippen LogP contribution in [0.4, 0.5) is 5.82 Å². The van der Waals surface area contributed by atoms with E-state index in [0.717, 1.165) is 36.6 Å². The van der Waals surface area contributed by atoms with Gasteiger partial charge in [-0.05, 0) is 25.5 Å². The van der Waals surface area contributed by atoms with Crippen LogP contribution in [0.1, 0.15) is 42.0 Å². The van der Waals surface area contributed by atoms with Crippen LogP contribution in [-0.2, 0) is 13.0 Å². The van der Waals surface area contributed by atoms with E-state index in [2.05, 4.69) is 32.5 Å². The molecule has 0 atom stereocenters. The van der Waals surface area contributed by atoms with E-state index >= 15 is 0 Å². The van der Waals surface area contributed by atoms with Crippen molar-refractivity contribution in [2.45, 2.75) is 33.2 Å². The summed E-state index contributed by atoms with van der Waals surface area (Å²) in [6, 6.07) is 3.64. The smallest absolute Gasteiger partial charge is 0.251 e. The number of imidazole rings is 1. The predicted octanol–water partition coefficient (Wildman–Crippen LogP) is 2.12. The highest BCUT2D eigenvalue weighted by atomic mass is 16.1. The molecule has 0 aliphatic carbocycles. The van der Waals surface area contributed by atoms with Crippen molar-refractivity contribution < 1.29 is 4.79 Å². The lowest BCUT2D eigenvalue weighted by molar-refractivity contribution is 0.0950. The Balaban J connectivity index is 2.10. The molecule has 0 radical (unpaired) electrons. The van der Waals surface area contributed by atoms with Gasteiger partial charge in [0.05, 0.1) is 18.6 Å². The first-order valence-electron chi connectivity index (χ1n) is 7.23. The maximum absolute atomic E-state index is 12.3. The fourth-order valence-corrected chi connectivity index (χ4v) is 2.03. The second-order valence-corrected chi connectivity index (χ2v) is 4.77. The van der Waals surface area contributed by atoms with Crippen LogP contribution >= 0.6 is 0 Å². The zero-order valence-corrected chi connectivity index (χ0v) is 12.4. The van der Waals surface area contributed by atoms with Crippen LogP contribution in [0.25, 0.3) is 0 Å². The standard InChI is InChI=1S/C15H21N5O/c1-3-5-12-6-11(7-14(20-12)17-4-2)15(21)18-9-13-8-16-10-19-13/h6-8,10H,3-5,9H2,1-2H3,(H,16,19)(H,17,20)(H,18,21). The van der Waals surface area contributed by atoms with Gasteiger partial charge < -0.3 is 15.6 Å². The number of aryl methyl sites for hydroxylation is 1. The van der Waals surface area contributed by atoms with Crippen molar-refractivity contribution in [3.05, 3.63) is 41.6 Å². The number of hydrogen-bond acceptors (Lipinski definition) is 4. The molecule has 3 N–H and O–H groups in total. The second-order valence-electron chi connectivity index (χ2n) is 4.77. The van der Waals surface area contributed by atoms with Crippen LogP contribution in [0.2, 0.25) is 0 Å². The number of hydrogen-bond donors (Lipinski definition) is 3. The molecule has 2 aromatic rings. The van der Waals surface area contributed by atoms with Gasteiger partial charge in [0.2, 0.25) is 0 Å². The minimum Gasteiger partial charge on any atom is -0.370 e. The molecule has 0 spiro atoms. The Bertz CT molecular complexity index is 556. The number of nitrogens with zero attached hydrogens (tertiary/aromatic N) is 2. The zero-order valence-electron chi connectivity index (χ0n) is 12.4. The first-order valence-corrected chi connectivity index (χ1v) is 7.23. The van der Waals surface area contributed by atoms with Crippen LogP contribution in [0, 0.1) is 0 Å². The van der Waals surface area contributed by atoms with Gasteiger partial charge in [0.1, 0.15) is 5.82 Å². The van der Waals surface area contributed by atoms with Crippen molar-refractivity contribution in [1.82, 2.24) is 20.3 Å². The summed E-state index contributed by atoms with van der Waals surface area (Å²) < 4.78 is 0. The summed E-state index contributed by atoms with van der Waals surface area (Å²) in [4.78, 5) is 23.6. The highest BCUT2D eigenvalue weighted by molar-refractivity contribution is 5.94. The number of carbonyl (C=O) groups excluding carboxylic acids is 1. The Labute approximate surface area is 124 Å². The summed E-state index contributed by atoms with van der Waals surface area (Å²) in [7, 11) is 0. The molecule has 112 valence electrons. The summed E-state index contributed by atoms with van der Waals surface area (Å²) in [5.41, 5.74) is 2.43. The third kappa shape index (κ3) is 4.30. The number of rotatable bonds is 7. The first kappa shape index (κ1) is 15.0. The van der Waals surface area contributed by atoms with Gasteiger partial charge in [0, 0.05) is 24.0 Å². The average molecular weight is 287 g/mol. The summed E-state index contributed by atoms with van der Waals surface area (Å²) in [6.07, 6.45) is 5.15. The van der Waals surface area contributed by atoms with Crippen LogP contribution < -0.4 is 10.6 Å². The normalized spacial score (nSPS) is 10.4. The molecule has 1 amide bonds. The predicted molar refractivity (Wildman–Crippen MR) is 82.2 cm³/mol. The number of pyridine rings is 1. The third-order valence-corrected chi connectivity index (χ3v) is 3.00. The maximum atomic E-state index is 12.3. The number of aromatic nitrogens is 3. The van der Waals surface area contributed by atoms with Gasteiger partial charge in [-0.2, -0.15) is 0 Å². The number of aromatic amines is 1. The molecule has 0 aromatic carbocycles. The number of nitrogens with one attached hydrogen (secondary N) is 3. The third-order valence-electron chi connectivity index (χ3n) is 3.00. The molecule has 0 unspecified atom stereocenters. The topological polar surface area (TPSA) is 82.7 Å². The largest absolute Gasteiger partial charge is 0.370 e. The SMILES string of the molecule is CCCc1cc(C(=O)NCc2cnc[nH]2)cc(NCC)n1. The Kier molecular flexibility index (Phi) is 5.31. The molecule has 6 nitrogen and oxygen atoms in total. The average Bonchev–Trinajstić information content (AvgIpc) is 2.98. The van der Waals surface area contributed by atoms with Crippen LogP contribution in [-0.4, -0.2) is 27.4 Å². The molecule has 6 heteroatoms. The summed E-state index contributed by atoms with van der Waals surface area (Å²) in [5.74, 6) is 0.638. The monoisotopic (exact) mass is 287 g/mol. The van der Waals surface area contributed by atoms with E-state index < -0.39 is 0 Å². The van der Waals surface area contributed by atoms with Gasteiger partial charge in [-0.1, -0.05) is 13.3 Å². The molecule has 2 heterocycles. The minimum atomic E-state index is -0.108. The van der Waals surface area contributed by atoms with Gasteiger partial charge in [-0.25, -0.2) is 9.97 Å². The number of carbonyl (C=O) groups is 1. The molecule has 21 heavy (non-hydrogen) atoms. The van der Waals surface area contributed by atoms with E-state index in [9.17, 15) is 4.79 Å². The minimum absolute atomic E-state index is 0.108. The Hall–Kier alpha value is -2.37. The zero-order chi connectivity index (χ0) is 15.1. The van der Waals surface area contributed by atoms with Gasteiger partial charge in [-0.15, -0.1) is 0 Å². The van der Waals surface area contributed by atoms with Crippen molar-refractivity contribution in [3.8, 4) is 0 Å². The van der Waals surface area contributed by atoms with Crippen molar-refractivity contribution in [2.75, 3.05) is 11.9 Å². The molecule has 0 bridgehead atoms. The molecule has 0 saturated heterocycles. The fraction of sp³-hybridized carbons (Fsp3) is 0.400. The number of H-pyrrole nitrogens is 1. The molecule has 0 saturated carbocycles. The summed E-state index contributed by atoms with van der Waals surface area (Å²) >= 11 is 0. The lowest BCUT2D eigenvalue weighted by Crippen LogP contribution is -2.23. The van der Waals surface area contributed by atoms with E-state index in [-0.39, 0.29) is 5.91 Å². The lowest BCUT2D eigenvalue weighted by Gasteiger charge is -2.09. The fourth-order valence-electron chi connectivity index (χ4n) is 2.03. The Morgan fingerprint density at radius 2 is 2.19 bits per heavy atom. The lowest BCUT2D eigenvalue weighted by atomic mass is 10.1. The van der Waals surface area contributed by atoms with Gasteiger partial charge in [-0.3, -0.25) is 4.79 Å². The summed E-state index contributed by atoms with van der Waals surface area (Å²) in [6.45, 7) is 5.31. The highest BCUT2D eigenvalue weighted by Crippen LogP contribution is 2.12. The van der Waals surface area contributed by atoms with Gasteiger partial charge >= 0.3 is 0 Å². The van der Waals surface area contributed by atoms with E-state index in [1.807, 2.05) is 13.0 Å². The summed E-state index contributed by atoms with van der Waals surface area (Å²) in [5, 5.41) is 6.04. The molecular formula is C15H21N5O. The molecule has 0 fully saturated rings. The van der Waals surface area contributed by atoms with Crippen LogP contribution in [0.5, 0.6) is 0 Å². The first-order chi connectivity index (χ1) is 10.2. The quantitative estimate of drug-likeness (QED) is 0.728. The molecule has 0 aliphatic rings. The van der Waals surface area contributed by atoms with E-state index in [0.29, 0.717) is 12.1 Å². The maximum Gasteiger partial charge on any atom is 0.251 e. The van der Waals surface area contributed by atoms with Crippen molar-refractivity contribution in [1.29, 1.82) is 0 Å². The second kappa shape index (κ2) is 7.42. The van der Waals surface area contributed by atoms with Crippen molar-refractivity contribution in [2.24, 2.45) is 0 Å². The highest BCUT2D eigenvalue weighted by Gasteiger charge is 2.10. The van der Waals surface area contributed by atoms with E-state index in [1.165, 1.54) is 0 Å². The van der Waals surface area contributed by atoms with E-state index in [1.54, 1.807) is 18.6 Å². The molecule has 2 rings (SSSR count). The molecule has 2 aromatic heterocycles. The Morgan fingerprint density at radius 1 is 1.33 bits per heavy atom. The van der Waals surface area contributed by atoms with Crippen LogP contribution in [0.3, 0.4) is 0 Å². The van der Waals surface area contributed by atoms with Gasteiger partial charge in [0.15, 0.2) is 0 Å². The Morgan fingerprint density at radius 3 is 2.86 bits per heavy atom. The molecule has 0 aliphatic heterocycles. The number of anilines is 1. The number of amides is 1. The molecular weight excluding hydrogens is 266 g/mol.